The summed E-state index contributed by atoms with van der Waals surface area (Å²) in [5, 5.41) is 5.08. The van der Waals surface area contributed by atoms with E-state index >= 15 is 0 Å². The Morgan fingerprint density at radius 2 is 0.934 bits per heavy atom. The second-order valence-electron chi connectivity index (χ2n) is 16.0. The fraction of sp³-hybridized carbons (Fsp3) is 0.0169. The van der Waals surface area contributed by atoms with Crippen molar-refractivity contribution in [2.75, 3.05) is 4.90 Å². The summed E-state index contributed by atoms with van der Waals surface area (Å²) < 4.78 is 2.64. The minimum absolute atomic E-state index is 0.517. The predicted molar refractivity (Wildman–Crippen MR) is 260 cm³/mol. The quantitative estimate of drug-likeness (QED) is 0.155. The normalized spacial score (nSPS) is 12.7. The van der Waals surface area contributed by atoms with Gasteiger partial charge >= 0.3 is 0 Å². The third-order valence-corrected chi connectivity index (χ3v) is 13.9. The monoisotopic (exact) mass is 793 g/mol. The summed E-state index contributed by atoms with van der Waals surface area (Å²) in [5.41, 5.74) is 15.3. The fourth-order valence-electron chi connectivity index (χ4n) is 10.1. The number of anilines is 3. The molecule has 286 valence electrons. The van der Waals surface area contributed by atoms with Crippen molar-refractivity contribution in [3.05, 3.63) is 259 Å². The minimum atomic E-state index is -0.517. The maximum absolute atomic E-state index is 2.48. The summed E-state index contributed by atoms with van der Waals surface area (Å²) >= 11 is 1.87. The molecule has 0 radical (unpaired) electrons. The Bertz CT molecular complexity index is 3360. The molecule has 0 N–H and O–H groups in total. The minimum Gasteiger partial charge on any atom is -0.310 e. The molecule has 61 heavy (non-hydrogen) atoms. The molecule has 0 saturated carbocycles. The Balaban J connectivity index is 1.10. The Morgan fingerprint density at radius 1 is 0.344 bits per heavy atom. The largest absolute Gasteiger partial charge is 0.310 e. The molecule has 1 aromatic heterocycles. The van der Waals surface area contributed by atoms with Crippen LogP contribution in [-0.4, -0.2) is 0 Å². The molecule has 1 heterocycles. The summed E-state index contributed by atoms with van der Waals surface area (Å²) in [6.45, 7) is 0. The molecule has 0 fully saturated rings. The van der Waals surface area contributed by atoms with E-state index in [4.69, 9.17) is 0 Å². The third-order valence-electron chi connectivity index (χ3n) is 12.7. The lowest BCUT2D eigenvalue weighted by molar-refractivity contribution is 0.768. The molecule has 1 aliphatic rings. The smallest absolute Gasteiger partial charge is 0.0714 e. The van der Waals surface area contributed by atoms with Gasteiger partial charge in [0.1, 0.15) is 0 Å². The number of rotatable bonds is 7. The number of hydrogen-bond acceptors (Lipinski definition) is 2. The van der Waals surface area contributed by atoms with Crippen LogP contribution in [0.2, 0.25) is 0 Å². The Hall–Kier alpha value is -7.52. The predicted octanol–water partition coefficient (Wildman–Crippen LogP) is 16.4. The van der Waals surface area contributed by atoms with Gasteiger partial charge < -0.3 is 4.90 Å². The van der Waals surface area contributed by atoms with E-state index in [1.807, 2.05) is 11.3 Å². The van der Waals surface area contributed by atoms with Gasteiger partial charge in [0.15, 0.2) is 0 Å². The zero-order chi connectivity index (χ0) is 40.3. The summed E-state index contributed by atoms with van der Waals surface area (Å²) in [4.78, 5) is 2.48. The molecule has 0 saturated heterocycles. The fourth-order valence-corrected chi connectivity index (χ4v) is 11.2. The molecule has 0 unspecified atom stereocenters. The van der Waals surface area contributed by atoms with Crippen molar-refractivity contribution in [2.24, 2.45) is 0 Å². The first kappa shape index (κ1) is 35.4. The van der Waals surface area contributed by atoms with Crippen LogP contribution in [0.5, 0.6) is 0 Å². The number of hydrogen-bond donors (Lipinski definition) is 0. The molecular weight excluding hydrogens is 755 g/mol. The highest BCUT2D eigenvalue weighted by Gasteiger charge is 2.46. The first-order valence-corrected chi connectivity index (χ1v) is 21.8. The summed E-state index contributed by atoms with van der Waals surface area (Å²) in [5.74, 6) is 0. The van der Waals surface area contributed by atoms with Gasteiger partial charge in [-0.25, -0.2) is 0 Å². The van der Waals surface area contributed by atoms with E-state index in [1.54, 1.807) is 0 Å². The topological polar surface area (TPSA) is 3.24 Å². The lowest BCUT2D eigenvalue weighted by Gasteiger charge is -2.35. The van der Waals surface area contributed by atoms with Gasteiger partial charge in [0, 0.05) is 37.1 Å². The second-order valence-corrected chi connectivity index (χ2v) is 17.1. The zero-order valence-electron chi connectivity index (χ0n) is 33.4. The van der Waals surface area contributed by atoms with Gasteiger partial charge in [-0.3, -0.25) is 0 Å². The van der Waals surface area contributed by atoms with E-state index in [1.165, 1.54) is 86.6 Å². The number of benzene rings is 10. The van der Waals surface area contributed by atoms with Crippen LogP contribution in [0, 0.1) is 0 Å². The van der Waals surface area contributed by atoms with Crippen LogP contribution in [0.15, 0.2) is 237 Å². The Labute approximate surface area is 360 Å². The Morgan fingerprint density at radius 3 is 1.70 bits per heavy atom. The zero-order valence-corrected chi connectivity index (χ0v) is 34.2. The van der Waals surface area contributed by atoms with Crippen LogP contribution in [0.3, 0.4) is 0 Å². The molecule has 1 aliphatic carbocycles. The van der Waals surface area contributed by atoms with E-state index < -0.39 is 5.41 Å². The first-order chi connectivity index (χ1) is 30.3. The SMILES string of the molecule is c1ccc(-c2c(N(c3ccc(-c4ccc5c(c4)sc4ccccc45)cc3)c3ccc4c(c3)C(c3ccccc3)(c3ccccc3)c3ccccc3-4)ccc3ccccc23)cc1. The molecule has 1 nitrogen and oxygen atoms in total. The summed E-state index contributed by atoms with van der Waals surface area (Å²) in [6, 6.07) is 87.4. The molecule has 0 bridgehead atoms. The van der Waals surface area contributed by atoms with Crippen LogP contribution in [0.4, 0.5) is 17.1 Å². The van der Waals surface area contributed by atoms with E-state index in [2.05, 4.69) is 241 Å². The molecule has 11 aromatic rings. The highest BCUT2D eigenvalue weighted by molar-refractivity contribution is 7.25. The van der Waals surface area contributed by atoms with Gasteiger partial charge in [0.2, 0.25) is 0 Å². The van der Waals surface area contributed by atoms with Gasteiger partial charge in [-0.05, 0) is 103 Å². The van der Waals surface area contributed by atoms with Gasteiger partial charge in [-0.1, -0.05) is 194 Å². The third kappa shape index (κ3) is 5.60. The van der Waals surface area contributed by atoms with Crippen molar-refractivity contribution < 1.29 is 0 Å². The number of thiophene rings is 1. The standard InChI is InChI=1S/C59H39NS/c1-4-17-42(18-5-1)58-48-23-11-10-16-41(48)31-37-55(58)60(46-32-28-40(29-33-46)43-30-35-52-51-25-13-15-27-56(51)61-57(52)38-43)47-34-36-50-49-24-12-14-26-53(49)59(54(50)39-47,44-19-6-2-7-20-44)45-21-8-3-9-22-45/h1-39H. The van der Waals surface area contributed by atoms with Crippen molar-refractivity contribution in [1.29, 1.82) is 0 Å². The maximum Gasteiger partial charge on any atom is 0.0714 e. The Kier molecular flexibility index (Phi) is 8.33. The van der Waals surface area contributed by atoms with E-state index in [-0.39, 0.29) is 0 Å². The lowest BCUT2D eigenvalue weighted by Crippen LogP contribution is -2.28. The highest BCUT2D eigenvalue weighted by Crippen LogP contribution is 2.57. The van der Waals surface area contributed by atoms with Gasteiger partial charge in [0.25, 0.3) is 0 Å². The highest BCUT2D eigenvalue weighted by atomic mass is 32.1. The lowest BCUT2D eigenvalue weighted by atomic mass is 9.67. The van der Waals surface area contributed by atoms with Crippen LogP contribution < -0.4 is 4.90 Å². The molecule has 0 atom stereocenters. The first-order valence-electron chi connectivity index (χ1n) is 21.0. The van der Waals surface area contributed by atoms with Gasteiger partial charge in [-0.15, -0.1) is 11.3 Å². The van der Waals surface area contributed by atoms with Crippen molar-refractivity contribution >= 4 is 59.3 Å². The second kappa shape index (κ2) is 14.3. The number of nitrogens with zero attached hydrogens (tertiary/aromatic N) is 1. The van der Waals surface area contributed by atoms with Crippen molar-refractivity contribution in [2.45, 2.75) is 5.41 Å². The molecule has 0 spiro atoms. The summed E-state index contributed by atoms with van der Waals surface area (Å²) in [7, 11) is 0. The van der Waals surface area contributed by atoms with E-state index in [0.29, 0.717) is 0 Å². The van der Waals surface area contributed by atoms with Crippen LogP contribution in [-0.2, 0) is 5.41 Å². The number of fused-ring (bicyclic) bond motifs is 7. The summed E-state index contributed by atoms with van der Waals surface area (Å²) in [6.07, 6.45) is 0. The van der Waals surface area contributed by atoms with Crippen molar-refractivity contribution in [3.63, 3.8) is 0 Å². The van der Waals surface area contributed by atoms with Crippen LogP contribution in [0.1, 0.15) is 22.3 Å². The molecule has 2 heteroatoms. The average molecular weight is 794 g/mol. The van der Waals surface area contributed by atoms with E-state index in [0.717, 1.165) is 17.1 Å². The van der Waals surface area contributed by atoms with Gasteiger partial charge in [0.05, 0.1) is 11.1 Å². The van der Waals surface area contributed by atoms with E-state index in [9.17, 15) is 0 Å². The van der Waals surface area contributed by atoms with Crippen molar-refractivity contribution in [1.82, 2.24) is 0 Å². The van der Waals surface area contributed by atoms with Crippen LogP contribution in [0.25, 0.3) is 64.3 Å². The van der Waals surface area contributed by atoms with Crippen molar-refractivity contribution in [3.8, 4) is 33.4 Å². The molecule has 0 amide bonds. The molecule has 10 aromatic carbocycles. The maximum atomic E-state index is 2.48. The molecule has 12 rings (SSSR count). The average Bonchev–Trinajstić information content (AvgIpc) is 3.86. The molecular formula is C59H39NS. The van der Waals surface area contributed by atoms with Crippen LogP contribution >= 0.6 is 11.3 Å². The molecule has 0 aliphatic heterocycles. The van der Waals surface area contributed by atoms with Gasteiger partial charge in [-0.2, -0.15) is 0 Å².